The summed E-state index contributed by atoms with van der Waals surface area (Å²) in [6, 6.07) is 19.9. The van der Waals surface area contributed by atoms with Crippen LogP contribution in [0, 0.1) is 0 Å². The van der Waals surface area contributed by atoms with Gasteiger partial charge in [-0.25, -0.2) is 0 Å². The van der Waals surface area contributed by atoms with Crippen molar-refractivity contribution in [3.05, 3.63) is 101 Å². The number of rotatable bonds is 4. The van der Waals surface area contributed by atoms with Gasteiger partial charge in [-0.1, -0.05) is 79.1 Å². The van der Waals surface area contributed by atoms with E-state index in [1.165, 1.54) is 0 Å². The first-order valence-electron chi connectivity index (χ1n) is 15.4. The van der Waals surface area contributed by atoms with Crippen molar-refractivity contribution >= 4 is 35.4 Å². The molecule has 10 heteroatoms. The molecule has 2 atom stereocenters. The van der Waals surface area contributed by atoms with Crippen LogP contribution < -0.4 is 26.0 Å². The normalized spacial score (nSPS) is 21.8. The van der Waals surface area contributed by atoms with Crippen molar-refractivity contribution in [1.82, 2.24) is 21.3 Å². The van der Waals surface area contributed by atoms with Crippen LogP contribution in [0.1, 0.15) is 42.4 Å². The lowest BCUT2D eigenvalue weighted by Gasteiger charge is -2.33. The van der Waals surface area contributed by atoms with Gasteiger partial charge < -0.3 is 31.1 Å². The minimum Gasteiger partial charge on any atom is -0.508 e. The van der Waals surface area contributed by atoms with E-state index in [-0.39, 0.29) is 36.4 Å². The molecule has 5 N–H and O–H groups in total. The quantitative estimate of drug-likeness (QED) is 0.297. The zero-order chi connectivity index (χ0) is 31.6. The van der Waals surface area contributed by atoms with Gasteiger partial charge in [-0.05, 0) is 60.7 Å². The molecule has 45 heavy (non-hydrogen) atoms. The van der Waals surface area contributed by atoms with E-state index in [2.05, 4.69) is 21.3 Å². The Morgan fingerprint density at radius 3 is 2.40 bits per heavy atom. The lowest BCUT2D eigenvalue weighted by atomic mass is 9.93. The van der Waals surface area contributed by atoms with Gasteiger partial charge in [-0.3, -0.25) is 14.4 Å². The Morgan fingerprint density at radius 2 is 1.62 bits per heavy atom. The monoisotopic (exact) mass is 630 g/mol. The minimum atomic E-state index is -1.15. The van der Waals surface area contributed by atoms with Crippen LogP contribution in [0.4, 0.5) is 0 Å². The molecule has 1 spiro atoms. The van der Waals surface area contributed by atoms with Gasteiger partial charge in [-0.15, -0.1) is 0 Å². The topological polar surface area (TPSA) is 129 Å². The van der Waals surface area contributed by atoms with Gasteiger partial charge in [0, 0.05) is 30.1 Å². The summed E-state index contributed by atoms with van der Waals surface area (Å²) in [5.41, 5.74) is 1.34. The van der Waals surface area contributed by atoms with Crippen LogP contribution in [0.15, 0.2) is 78.9 Å². The number of halogens is 1. The molecule has 3 aromatic carbocycles. The molecule has 1 aliphatic heterocycles. The SMILES string of the molecule is O=C1NC2(CCCC2)C(=O)N[C@@H](Cc2cccc(Cl)c2)C(=O)NC/C=C\c2ccccc2OCCN[C@H]1Cc1ccc(O)cc1. The number of fused-ring (bicyclic) bond motifs is 1. The van der Waals surface area contributed by atoms with Crippen LogP contribution >= 0.6 is 11.6 Å². The minimum absolute atomic E-state index is 0.139. The molecule has 0 unspecified atom stereocenters. The van der Waals surface area contributed by atoms with E-state index < -0.39 is 17.6 Å². The molecule has 2 aliphatic rings. The second-order valence-electron chi connectivity index (χ2n) is 11.5. The average Bonchev–Trinajstić information content (AvgIpc) is 3.51. The maximum Gasteiger partial charge on any atom is 0.246 e. The Morgan fingerprint density at radius 1 is 0.867 bits per heavy atom. The molecular weight excluding hydrogens is 592 g/mol. The van der Waals surface area contributed by atoms with Crippen molar-refractivity contribution in [1.29, 1.82) is 0 Å². The molecule has 5 rings (SSSR count). The van der Waals surface area contributed by atoms with E-state index in [9.17, 15) is 19.5 Å². The first-order chi connectivity index (χ1) is 21.8. The first-order valence-corrected chi connectivity index (χ1v) is 15.7. The third-order valence-corrected chi connectivity index (χ3v) is 8.49. The number of carbonyl (C=O) groups excluding carboxylic acids is 3. The first kappa shape index (κ1) is 32.1. The number of hydrogen-bond acceptors (Lipinski definition) is 6. The molecular formula is C35H39ClN4O5. The summed E-state index contributed by atoms with van der Waals surface area (Å²) in [6.07, 6.45) is 6.75. The number of para-hydroxylation sites is 1. The summed E-state index contributed by atoms with van der Waals surface area (Å²) in [7, 11) is 0. The van der Waals surface area contributed by atoms with E-state index in [4.69, 9.17) is 16.3 Å². The van der Waals surface area contributed by atoms with Crippen LogP contribution in [-0.2, 0) is 27.2 Å². The van der Waals surface area contributed by atoms with Crippen molar-refractivity contribution in [3.8, 4) is 11.5 Å². The Kier molecular flexibility index (Phi) is 10.8. The molecule has 0 radical (unpaired) electrons. The summed E-state index contributed by atoms with van der Waals surface area (Å²) < 4.78 is 6.07. The smallest absolute Gasteiger partial charge is 0.246 e. The molecule has 1 aliphatic carbocycles. The Balaban J connectivity index is 1.44. The zero-order valence-electron chi connectivity index (χ0n) is 25.1. The highest BCUT2D eigenvalue weighted by Gasteiger charge is 2.44. The van der Waals surface area contributed by atoms with Crippen molar-refractivity contribution in [2.24, 2.45) is 0 Å². The predicted molar refractivity (Wildman–Crippen MR) is 174 cm³/mol. The third-order valence-electron chi connectivity index (χ3n) is 8.26. The fourth-order valence-electron chi connectivity index (χ4n) is 5.85. The van der Waals surface area contributed by atoms with Crippen LogP contribution in [0.25, 0.3) is 6.08 Å². The number of aromatic hydroxyl groups is 1. The van der Waals surface area contributed by atoms with Crippen molar-refractivity contribution in [2.75, 3.05) is 19.7 Å². The summed E-state index contributed by atoms with van der Waals surface area (Å²) in [6.45, 7) is 0.931. The maximum atomic E-state index is 14.0. The van der Waals surface area contributed by atoms with Crippen molar-refractivity contribution < 1.29 is 24.2 Å². The van der Waals surface area contributed by atoms with Gasteiger partial charge in [0.25, 0.3) is 0 Å². The molecule has 1 saturated carbocycles. The van der Waals surface area contributed by atoms with Crippen molar-refractivity contribution in [3.63, 3.8) is 0 Å². The second-order valence-corrected chi connectivity index (χ2v) is 12.0. The van der Waals surface area contributed by atoms with E-state index in [0.717, 1.165) is 29.5 Å². The van der Waals surface area contributed by atoms with Crippen LogP contribution in [0.2, 0.25) is 5.02 Å². The van der Waals surface area contributed by atoms with Gasteiger partial charge in [0.1, 0.15) is 29.7 Å². The van der Waals surface area contributed by atoms with E-state index in [1.54, 1.807) is 42.5 Å². The molecule has 3 aromatic rings. The fourth-order valence-corrected chi connectivity index (χ4v) is 6.07. The molecule has 3 amide bonds. The third kappa shape index (κ3) is 8.65. The Bertz CT molecular complexity index is 1520. The molecule has 1 heterocycles. The molecule has 1 fully saturated rings. The van der Waals surface area contributed by atoms with Gasteiger partial charge in [0.05, 0.1) is 6.04 Å². The lowest BCUT2D eigenvalue weighted by molar-refractivity contribution is -0.136. The Labute approximate surface area is 268 Å². The van der Waals surface area contributed by atoms with E-state index in [1.807, 2.05) is 42.5 Å². The fraction of sp³-hybridized carbons (Fsp3) is 0.343. The second kappa shape index (κ2) is 15.1. The number of amides is 3. The number of phenolic OH excluding ortho intramolecular Hbond substituents is 1. The zero-order valence-corrected chi connectivity index (χ0v) is 25.8. The van der Waals surface area contributed by atoms with Gasteiger partial charge >= 0.3 is 0 Å². The van der Waals surface area contributed by atoms with Crippen LogP contribution in [0.3, 0.4) is 0 Å². The lowest BCUT2D eigenvalue weighted by Crippen LogP contribution is -2.63. The number of hydrogen-bond donors (Lipinski definition) is 5. The predicted octanol–water partition coefficient (Wildman–Crippen LogP) is 3.92. The van der Waals surface area contributed by atoms with Gasteiger partial charge in [-0.2, -0.15) is 0 Å². The standard InChI is InChI=1S/C35H39ClN4O5/c36-27-10-5-7-25(21-27)23-30-32(42)38-18-6-9-26-8-1-2-11-31(26)45-20-19-37-29(22-24-12-14-28(41)15-13-24)33(43)40-35(34(44)39-30)16-3-4-17-35/h1-2,5-15,21,29-30,37,41H,3-4,16-20,22-23H2,(H,38,42)(H,39,44)(H,40,43)/b9-6-/t29-,30-/m0/s1. The van der Waals surface area contributed by atoms with Crippen LogP contribution in [-0.4, -0.2) is 60.1 Å². The molecule has 0 bridgehead atoms. The number of phenols is 1. The highest BCUT2D eigenvalue weighted by molar-refractivity contribution is 6.30. The summed E-state index contributed by atoms with van der Waals surface area (Å²) >= 11 is 6.22. The number of nitrogens with one attached hydrogen (secondary N) is 4. The molecule has 0 aromatic heterocycles. The molecule has 0 saturated heterocycles. The summed E-state index contributed by atoms with van der Waals surface area (Å²) in [5.74, 6) is -0.225. The summed E-state index contributed by atoms with van der Waals surface area (Å²) in [5, 5.41) is 22.6. The highest BCUT2D eigenvalue weighted by atomic mass is 35.5. The summed E-state index contributed by atoms with van der Waals surface area (Å²) in [4.78, 5) is 41.4. The molecule has 9 nitrogen and oxygen atoms in total. The highest BCUT2D eigenvalue weighted by Crippen LogP contribution is 2.31. The van der Waals surface area contributed by atoms with E-state index in [0.29, 0.717) is 43.2 Å². The number of ether oxygens (including phenoxy) is 1. The maximum absolute atomic E-state index is 14.0. The van der Waals surface area contributed by atoms with Crippen molar-refractivity contribution in [2.45, 2.75) is 56.1 Å². The number of carbonyl (C=O) groups is 3. The largest absolute Gasteiger partial charge is 0.508 e. The van der Waals surface area contributed by atoms with Crippen LogP contribution in [0.5, 0.6) is 11.5 Å². The van der Waals surface area contributed by atoms with E-state index >= 15 is 0 Å². The van der Waals surface area contributed by atoms with Gasteiger partial charge in [0.2, 0.25) is 17.7 Å². The Hall–Kier alpha value is -4.34. The number of benzene rings is 3. The molecule has 236 valence electrons. The van der Waals surface area contributed by atoms with Gasteiger partial charge in [0.15, 0.2) is 0 Å². The average molecular weight is 631 g/mol.